The monoisotopic (exact) mass is 357 g/mol. The van der Waals surface area contributed by atoms with Gasteiger partial charge in [-0.2, -0.15) is 0 Å². The fourth-order valence-electron chi connectivity index (χ4n) is 3.49. The second-order valence-corrected chi connectivity index (χ2v) is 6.38. The highest BCUT2D eigenvalue weighted by atomic mass is 16.4. The SMILES string of the molecule is C=C1c2ccccc2-c2cccc(C(=O)Cn3ccc(=O)c(C(=O)O)c3)c21. The lowest BCUT2D eigenvalue weighted by Gasteiger charge is -2.11. The van der Waals surface area contributed by atoms with Gasteiger partial charge in [-0.25, -0.2) is 4.79 Å². The summed E-state index contributed by atoms with van der Waals surface area (Å²) in [5, 5.41) is 9.09. The molecular formula is C22H15NO4. The van der Waals surface area contributed by atoms with Crippen molar-refractivity contribution in [2.24, 2.45) is 0 Å². The molecule has 0 bridgehead atoms. The number of Topliss-reactive ketones (excluding diaryl/α,β-unsaturated/α-hetero) is 1. The number of carboxylic acid groups (broad SMARTS) is 1. The molecule has 3 aromatic rings. The Morgan fingerprint density at radius 2 is 1.63 bits per heavy atom. The van der Waals surface area contributed by atoms with Crippen LogP contribution in [0.4, 0.5) is 0 Å². The molecule has 1 aromatic heterocycles. The minimum absolute atomic E-state index is 0.0688. The molecule has 0 amide bonds. The van der Waals surface area contributed by atoms with Crippen LogP contribution in [0.5, 0.6) is 0 Å². The molecule has 0 atom stereocenters. The van der Waals surface area contributed by atoms with Gasteiger partial charge in [0, 0.05) is 29.6 Å². The molecule has 1 heterocycles. The van der Waals surface area contributed by atoms with E-state index in [-0.39, 0.29) is 17.9 Å². The molecule has 0 spiro atoms. The van der Waals surface area contributed by atoms with Crippen LogP contribution in [-0.4, -0.2) is 21.4 Å². The largest absolute Gasteiger partial charge is 0.477 e. The van der Waals surface area contributed by atoms with Crippen LogP contribution in [0, 0.1) is 0 Å². The average molecular weight is 357 g/mol. The molecule has 0 radical (unpaired) electrons. The van der Waals surface area contributed by atoms with Gasteiger partial charge >= 0.3 is 5.97 Å². The normalized spacial score (nSPS) is 11.8. The van der Waals surface area contributed by atoms with Gasteiger partial charge in [0.05, 0.1) is 6.54 Å². The lowest BCUT2D eigenvalue weighted by atomic mass is 9.96. The molecule has 0 saturated carbocycles. The van der Waals surface area contributed by atoms with E-state index in [0.29, 0.717) is 5.56 Å². The van der Waals surface area contributed by atoms with Crippen LogP contribution in [-0.2, 0) is 6.54 Å². The number of fused-ring (bicyclic) bond motifs is 3. The highest BCUT2D eigenvalue weighted by molar-refractivity contribution is 6.10. The summed E-state index contributed by atoms with van der Waals surface area (Å²) in [6.45, 7) is 4.09. The van der Waals surface area contributed by atoms with Crippen molar-refractivity contribution in [1.29, 1.82) is 0 Å². The Labute approximate surface area is 154 Å². The Balaban J connectivity index is 1.73. The minimum atomic E-state index is -1.31. The van der Waals surface area contributed by atoms with E-state index < -0.39 is 11.4 Å². The Bertz CT molecular complexity index is 1190. The van der Waals surface area contributed by atoms with Crippen molar-refractivity contribution in [3.05, 3.63) is 100.0 Å². The summed E-state index contributed by atoms with van der Waals surface area (Å²) in [6.07, 6.45) is 2.61. The number of hydrogen-bond acceptors (Lipinski definition) is 3. The Morgan fingerprint density at radius 1 is 0.926 bits per heavy atom. The Hall–Kier alpha value is -3.73. The Morgan fingerprint density at radius 3 is 2.37 bits per heavy atom. The van der Waals surface area contributed by atoms with E-state index in [1.54, 1.807) is 6.07 Å². The molecule has 27 heavy (non-hydrogen) atoms. The molecule has 2 aromatic carbocycles. The van der Waals surface area contributed by atoms with Crippen molar-refractivity contribution in [1.82, 2.24) is 4.57 Å². The molecule has 5 heteroatoms. The van der Waals surface area contributed by atoms with E-state index in [2.05, 4.69) is 6.58 Å². The first-order chi connectivity index (χ1) is 13.0. The molecular weight excluding hydrogens is 342 g/mol. The van der Waals surface area contributed by atoms with Gasteiger partial charge in [0.25, 0.3) is 0 Å². The fourth-order valence-corrected chi connectivity index (χ4v) is 3.49. The van der Waals surface area contributed by atoms with E-state index in [4.69, 9.17) is 5.11 Å². The van der Waals surface area contributed by atoms with Crippen molar-refractivity contribution in [2.75, 3.05) is 0 Å². The number of carbonyl (C=O) groups is 2. The van der Waals surface area contributed by atoms with Crippen molar-refractivity contribution >= 4 is 17.3 Å². The van der Waals surface area contributed by atoms with E-state index >= 15 is 0 Å². The molecule has 0 aliphatic heterocycles. The third-order valence-corrected chi connectivity index (χ3v) is 4.74. The first kappa shape index (κ1) is 16.7. The van der Waals surface area contributed by atoms with Gasteiger partial charge in [0.15, 0.2) is 11.2 Å². The smallest absolute Gasteiger partial charge is 0.341 e. The quantitative estimate of drug-likeness (QED) is 0.568. The lowest BCUT2D eigenvalue weighted by molar-refractivity contribution is 0.0693. The van der Waals surface area contributed by atoms with E-state index in [0.717, 1.165) is 33.9 Å². The van der Waals surface area contributed by atoms with Crippen LogP contribution < -0.4 is 5.43 Å². The van der Waals surface area contributed by atoms with Crippen molar-refractivity contribution in [3.63, 3.8) is 0 Å². The summed E-state index contributed by atoms with van der Waals surface area (Å²) in [6, 6.07) is 14.6. The maximum absolute atomic E-state index is 12.9. The molecule has 132 valence electrons. The summed E-state index contributed by atoms with van der Waals surface area (Å²) in [7, 11) is 0. The van der Waals surface area contributed by atoms with Crippen LogP contribution in [0.25, 0.3) is 16.7 Å². The standard InChI is InChI=1S/C22H15NO4/c1-13-14-5-2-3-6-15(14)16-7-4-8-17(21(13)16)20(25)12-23-10-9-19(24)18(11-23)22(26)27/h2-11H,1,12H2,(H,26,27). The topological polar surface area (TPSA) is 76.4 Å². The van der Waals surface area contributed by atoms with E-state index in [9.17, 15) is 14.4 Å². The number of carbonyl (C=O) groups excluding carboxylic acids is 1. The first-order valence-electron chi connectivity index (χ1n) is 8.36. The van der Waals surface area contributed by atoms with Gasteiger partial charge in [0.2, 0.25) is 0 Å². The summed E-state index contributed by atoms with van der Waals surface area (Å²) in [5.41, 5.74) is 4.21. The number of pyridine rings is 1. The predicted molar refractivity (Wildman–Crippen MR) is 102 cm³/mol. The molecule has 1 aliphatic carbocycles. The molecule has 5 nitrogen and oxygen atoms in total. The molecule has 1 N–H and O–H groups in total. The summed E-state index contributed by atoms with van der Waals surface area (Å²) < 4.78 is 1.41. The van der Waals surface area contributed by atoms with Crippen LogP contribution in [0.2, 0.25) is 0 Å². The van der Waals surface area contributed by atoms with Crippen molar-refractivity contribution in [2.45, 2.75) is 6.54 Å². The van der Waals surface area contributed by atoms with E-state index in [1.807, 2.05) is 36.4 Å². The lowest BCUT2D eigenvalue weighted by Crippen LogP contribution is -2.19. The number of aromatic carboxylic acids is 1. The maximum Gasteiger partial charge on any atom is 0.341 e. The number of aromatic nitrogens is 1. The summed E-state index contributed by atoms with van der Waals surface area (Å²) in [4.78, 5) is 35.7. The van der Waals surface area contributed by atoms with Gasteiger partial charge in [-0.05, 0) is 22.3 Å². The van der Waals surface area contributed by atoms with Crippen molar-refractivity contribution in [3.8, 4) is 11.1 Å². The van der Waals surface area contributed by atoms with E-state index in [1.165, 1.54) is 17.0 Å². The molecule has 0 saturated heterocycles. The maximum atomic E-state index is 12.9. The highest BCUT2D eigenvalue weighted by Gasteiger charge is 2.26. The number of rotatable bonds is 4. The van der Waals surface area contributed by atoms with Crippen LogP contribution in [0.1, 0.15) is 31.8 Å². The van der Waals surface area contributed by atoms with Gasteiger partial charge in [-0.3, -0.25) is 9.59 Å². The fraction of sp³-hybridized carbons (Fsp3) is 0.0455. The first-order valence-corrected chi connectivity index (χ1v) is 8.36. The highest BCUT2D eigenvalue weighted by Crippen LogP contribution is 2.44. The van der Waals surface area contributed by atoms with Gasteiger partial charge in [-0.1, -0.05) is 49.0 Å². The van der Waals surface area contributed by atoms with Crippen LogP contribution in [0.3, 0.4) is 0 Å². The third-order valence-electron chi connectivity index (χ3n) is 4.74. The second kappa shape index (κ2) is 6.21. The number of carboxylic acids is 1. The van der Waals surface area contributed by atoms with Gasteiger partial charge < -0.3 is 9.67 Å². The zero-order valence-corrected chi connectivity index (χ0v) is 14.3. The molecule has 0 fully saturated rings. The van der Waals surface area contributed by atoms with Gasteiger partial charge in [-0.15, -0.1) is 0 Å². The summed E-state index contributed by atoms with van der Waals surface area (Å²) >= 11 is 0. The van der Waals surface area contributed by atoms with Crippen LogP contribution >= 0.6 is 0 Å². The number of ketones is 1. The number of hydrogen-bond donors (Lipinski definition) is 1. The van der Waals surface area contributed by atoms with Crippen LogP contribution in [0.15, 0.2) is 72.3 Å². The average Bonchev–Trinajstić information content (AvgIpc) is 2.96. The van der Waals surface area contributed by atoms with Crippen molar-refractivity contribution < 1.29 is 14.7 Å². The number of benzene rings is 2. The molecule has 4 rings (SSSR count). The zero-order valence-electron chi connectivity index (χ0n) is 14.3. The van der Waals surface area contributed by atoms with Gasteiger partial charge in [0.1, 0.15) is 5.56 Å². The zero-order chi connectivity index (χ0) is 19.1. The summed E-state index contributed by atoms with van der Waals surface area (Å²) in [5.74, 6) is -1.49. The predicted octanol–water partition coefficient (Wildman–Crippen LogP) is 3.47. The second-order valence-electron chi connectivity index (χ2n) is 6.38. The minimum Gasteiger partial charge on any atom is -0.477 e. The number of nitrogens with zero attached hydrogens (tertiary/aromatic N) is 1. The molecule has 1 aliphatic rings. The molecule has 0 unspecified atom stereocenters. The third kappa shape index (κ3) is 2.69. The Kier molecular flexibility index (Phi) is 3.85.